The summed E-state index contributed by atoms with van der Waals surface area (Å²) in [6.07, 6.45) is 1.68. The molecule has 0 aromatic heterocycles. The van der Waals surface area contributed by atoms with Crippen molar-refractivity contribution < 1.29 is 19.4 Å². The summed E-state index contributed by atoms with van der Waals surface area (Å²) in [4.78, 5) is 27.5. The second kappa shape index (κ2) is 5.96. The molecule has 3 rings (SSSR count). The Morgan fingerprint density at radius 1 is 1.32 bits per heavy atom. The fraction of sp³-hybridized carbons (Fsp3) is 0.500. The van der Waals surface area contributed by atoms with Crippen LogP contribution >= 0.6 is 0 Å². The maximum absolute atomic E-state index is 12.9. The number of morpholine rings is 1. The Balaban J connectivity index is 1.88. The van der Waals surface area contributed by atoms with E-state index in [0.29, 0.717) is 13.1 Å². The van der Waals surface area contributed by atoms with Crippen LogP contribution in [0.25, 0.3) is 0 Å². The first kappa shape index (κ1) is 14.8. The van der Waals surface area contributed by atoms with E-state index in [0.717, 1.165) is 24.1 Å². The van der Waals surface area contributed by atoms with Gasteiger partial charge in [-0.1, -0.05) is 18.2 Å². The molecule has 1 aromatic rings. The van der Waals surface area contributed by atoms with Crippen LogP contribution in [0.3, 0.4) is 0 Å². The topological polar surface area (TPSA) is 70.1 Å². The predicted octanol–water partition coefficient (Wildman–Crippen LogP) is 1.73. The molecule has 2 aliphatic heterocycles. The van der Waals surface area contributed by atoms with Gasteiger partial charge in [0.05, 0.1) is 12.7 Å². The largest absolute Gasteiger partial charge is 0.480 e. The molecule has 0 radical (unpaired) electrons. The normalized spacial score (nSPS) is 24.8. The Labute approximate surface area is 129 Å². The number of carbonyl (C=O) groups excluding carboxylic acids is 1. The van der Waals surface area contributed by atoms with Crippen molar-refractivity contribution in [3.05, 3.63) is 29.8 Å². The van der Waals surface area contributed by atoms with E-state index in [-0.39, 0.29) is 18.7 Å². The number of carboxylic acids is 1. The van der Waals surface area contributed by atoms with Crippen LogP contribution in [-0.4, -0.2) is 53.8 Å². The van der Waals surface area contributed by atoms with E-state index in [4.69, 9.17) is 4.74 Å². The number of carbonyl (C=O) groups is 2. The summed E-state index contributed by atoms with van der Waals surface area (Å²) in [5.74, 6) is -1.02. The highest BCUT2D eigenvalue weighted by Gasteiger charge is 2.38. The summed E-state index contributed by atoms with van der Waals surface area (Å²) in [6.45, 7) is 2.81. The van der Waals surface area contributed by atoms with Gasteiger partial charge in [-0.15, -0.1) is 0 Å². The average molecular weight is 304 g/mol. The van der Waals surface area contributed by atoms with Crippen LogP contribution < -0.4 is 4.90 Å². The van der Waals surface area contributed by atoms with Gasteiger partial charge in [-0.25, -0.2) is 9.59 Å². The third kappa shape index (κ3) is 2.66. The number of aryl methyl sites for hydroxylation is 1. The van der Waals surface area contributed by atoms with Crippen LogP contribution in [0.1, 0.15) is 18.9 Å². The lowest BCUT2D eigenvalue weighted by atomic mass is 10.0. The second-order valence-corrected chi connectivity index (χ2v) is 5.82. The third-order valence-corrected chi connectivity index (χ3v) is 4.24. The number of carboxylic acid groups (broad SMARTS) is 1. The Bertz CT molecular complexity index is 589. The number of ether oxygens (including phenoxy) is 1. The molecule has 1 aromatic carbocycles. The van der Waals surface area contributed by atoms with Gasteiger partial charge in [0.2, 0.25) is 0 Å². The zero-order valence-corrected chi connectivity index (χ0v) is 12.6. The number of benzene rings is 1. The van der Waals surface area contributed by atoms with E-state index in [1.165, 1.54) is 4.90 Å². The van der Waals surface area contributed by atoms with Crippen molar-refractivity contribution in [1.29, 1.82) is 0 Å². The fourth-order valence-corrected chi connectivity index (χ4v) is 3.11. The number of aliphatic carboxylic acids is 1. The number of rotatable bonds is 1. The quantitative estimate of drug-likeness (QED) is 0.858. The molecule has 2 amide bonds. The van der Waals surface area contributed by atoms with Crippen molar-refractivity contribution in [3.63, 3.8) is 0 Å². The zero-order valence-electron chi connectivity index (χ0n) is 12.6. The summed E-state index contributed by atoms with van der Waals surface area (Å²) >= 11 is 0. The first-order valence-corrected chi connectivity index (χ1v) is 7.58. The van der Waals surface area contributed by atoms with Crippen LogP contribution in [0.5, 0.6) is 0 Å². The van der Waals surface area contributed by atoms with Crippen LogP contribution in [-0.2, 0) is 16.0 Å². The number of nitrogens with zero attached hydrogens (tertiary/aromatic N) is 2. The number of urea groups is 1. The van der Waals surface area contributed by atoms with Gasteiger partial charge in [0.15, 0.2) is 6.04 Å². The van der Waals surface area contributed by atoms with Crippen LogP contribution in [0.2, 0.25) is 0 Å². The molecular weight excluding hydrogens is 284 g/mol. The number of para-hydroxylation sites is 1. The smallest absolute Gasteiger partial charge is 0.328 e. The van der Waals surface area contributed by atoms with Gasteiger partial charge in [-0.2, -0.15) is 0 Å². The Hall–Kier alpha value is -2.08. The van der Waals surface area contributed by atoms with Crippen molar-refractivity contribution in [2.45, 2.75) is 31.9 Å². The molecule has 22 heavy (non-hydrogen) atoms. The lowest BCUT2D eigenvalue weighted by molar-refractivity contribution is -0.149. The highest BCUT2D eigenvalue weighted by Crippen LogP contribution is 2.28. The molecule has 1 N–H and O–H groups in total. The molecule has 118 valence electrons. The number of hydrogen-bond donors (Lipinski definition) is 1. The number of fused-ring (bicyclic) bond motifs is 1. The summed E-state index contributed by atoms with van der Waals surface area (Å²) in [5, 5.41) is 9.35. The minimum Gasteiger partial charge on any atom is -0.480 e. The van der Waals surface area contributed by atoms with Crippen molar-refractivity contribution in [1.82, 2.24) is 4.90 Å². The lowest BCUT2D eigenvalue weighted by Crippen LogP contribution is -2.59. The molecule has 1 saturated heterocycles. The molecule has 1 fully saturated rings. The molecule has 6 nitrogen and oxygen atoms in total. The van der Waals surface area contributed by atoms with Gasteiger partial charge in [0.1, 0.15) is 0 Å². The van der Waals surface area contributed by atoms with E-state index in [1.807, 2.05) is 31.2 Å². The van der Waals surface area contributed by atoms with Crippen molar-refractivity contribution in [3.8, 4) is 0 Å². The Kier molecular flexibility index (Phi) is 4.02. The molecule has 0 spiro atoms. The second-order valence-electron chi connectivity index (χ2n) is 5.82. The van der Waals surface area contributed by atoms with Gasteiger partial charge < -0.3 is 14.7 Å². The highest BCUT2D eigenvalue weighted by atomic mass is 16.5. The molecule has 0 aliphatic carbocycles. The minimum atomic E-state index is -1.02. The summed E-state index contributed by atoms with van der Waals surface area (Å²) in [6, 6.07) is 6.65. The van der Waals surface area contributed by atoms with Crippen LogP contribution in [0, 0.1) is 0 Å². The SMILES string of the molecule is C[C@@H]1CN(C(=O)N2CCCc3ccccc32)[C@H](C(=O)O)CO1. The monoisotopic (exact) mass is 304 g/mol. The van der Waals surface area contributed by atoms with Crippen LogP contribution in [0.4, 0.5) is 10.5 Å². The van der Waals surface area contributed by atoms with Crippen molar-refractivity contribution in [2.24, 2.45) is 0 Å². The minimum absolute atomic E-state index is 0.0394. The Morgan fingerprint density at radius 3 is 2.86 bits per heavy atom. The summed E-state index contributed by atoms with van der Waals surface area (Å²) in [5.41, 5.74) is 2.03. The molecule has 0 unspecified atom stereocenters. The van der Waals surface area contributed by atoms with Crippen LogP contribution in [0.15, 0.2) is 24.3 Å². The van der Waals surface area contributed by atoms with E-state index < -0.39 is 12.0 Å². The Morgan fingerprint density at radius 2 is 2.09 bits per heavy atom. The van der Waals surface area contributed by atoms with Gasteiger partial charge in [0, 0.05) is 18.8 Å². The van der Waals surface area contributed by atoms with Crippen molar-refractivity contribution in [2.75, 3.05) is 24.6 Å². The van der Waals surface area contributed by atoms with E-state index in [9.17, 15) is 14.7 Å². The average Bonchev–Trinajstić information content (AvgIpc) is 2.53. The first-order chi connectivity index (χ1) is 10.6. The number of hydrogen-bond acceptors (Lipinski definition) is 3. The predicted molar refractivity (Wildman–Crippen MR) is 81.0 cm³/mol. The molecule has 0 bridgehead atoms. The third-order valence-electron chi connectivity index (χ3n) is 4.24. The van der Waals surface area contributed by atoms with E-state index in [2.05, 4.69) is 0 Å². The molecule has 6 heteroatoms. The van der Waals surface area contributed by atoms with Crippen molar-refractivity contribution >= 4 is 17.7 Å². The fourth-order valence-electron chi connectivity index (χ4n) is 3.11. The summed E-state index contributed by atoms with van der Waals surface area (Å²) < 4.78 is 5.40. The van der Waals surface area contributed by atoms with Gasteiger partial charge in [-0.3, -0.25) is 4.90 Å². The van der Waals surface area contributed by atoms with Gasteiger partial charge in [-0.05, 0) is 31.4 Å². The van der Waals surface area contributed by atoms with Gasteiger partial charge >= 0.3 is 12.0 Å². The zero-order chi connectivity index (χ0) is 15.7. The molecule has 2 aliphatic rings. The summed E-state index contributed by atoms with van der Waals surface area (Å²) in [7, 11) is 0. The molecule has 2 atom stereocenters. The molecule has 0 saturated carbocycles. The first-order valence-electron chi connectivity index (χ1n) is 7.58. The standard InChI is InChI=1S/C16H20N2O4/c1-11-9-18(14(10-22-11)15(19)20)16(21)17-8-4-6-12-5-2-3-7-13(12)17/h2-3,5,7,11,14H,4,6,8-10H2,1H3,(H,19,20)/t11-,14+/m1/s1. The van der Waals surface area contributed by atoms with Gasteiger partial charge in [0.25, 0.3) is 0 Å². The van der Waals surface area contributed by atoms with E-state index >= 15 is 0 Å². The molecule has 2 heterocycles. The lowest BCUT2D eigenvalue weighted by Gasteiger charge is -2.40. The molecular formula is C16H20N2O4. The maximum Gasteiger partial charge on any atom is 0.328 e. The maximum atomic E-state index is 12.9. The highest BCUT2D eigenvalue weighted by molar-refractivity contribution is 5.95. The number of amides is 2. The number of anilines is 1. The van der Waals surface area contributed by atoms with E-state index in [1.54, 1.807) is 4.90 Å².